The van der Waals surface area contributed by atoms with Crippen LogP contribution >= 0.6 is 11.5 Å². The maximum absolute atomic E-state index is 5.75. The Morgan fingerprint density at radius 1 is 1.43 bits per heavy atom. The Hall–Kier alpha value is -1.13. The van der Waals surface area contributed by atoms with Gasteiger partial charge in [-0.15, -0.1) is 0 Å². The molecule has 0 radical (unpaired) electrons. The Kier molecular flexibility index (Phi) is 1.72. The van der Waals surface area contributed by atoms with Gasteiger partial charge in [0, 0.05) is 17.5 Å². The second-order valence-electron chi connectivity index (χ2n) is 3.68. The Morgan fingerprint density at radius 2 is 2.21 bits per heavy atom. The summed E-state index contributed by atoms with van der Waals surface area (Å²) in [5, 5.41) is 5.78. The van der Waals surface area contributed by atoms with E-state index >= 15 is 0 Å². The van der Waals surface area contributed by atoms with Gasteiger partial charge in [-0.05, 0) is 30.1 Å². The summed E-state index contributed by atoms with van der Waals surface area (Å²) in [5.41, 5.74) is 6.81. The molecule has 0 aliphatic heterocycles. The van der Waals surface area contributed by atoms with E-state index < -0.39 is 0 Å². The topological polar surface area (TPSA) is 50.9 Å². The third-order valence-corrected chi connectivity index (χ3v) is 3.35. The minimum absolute atomic E-state index is 0.330. The van der Waals surface area contributed by atoms with Crippen LogP contribution in [0.15, 0.2) is 24.3 Å². The summed E-state index contributed by atoms with van der Waals surface area (Å²) in [4.78, 5) is 0. The summed E-state index contributed by atoms with van der Waals surface area (Å²) in [6.45, 7) is 0. The first kappa shape index (κ1) is 8.20. The van der Waals surface area contributed by atoms with Crippen LogP contribution in [0.2, 0.25) is 0 Å². The van der Waals surface area contributed by atoms with Crippen molar-refractivity contribution in [3.63, 3.8) is 0 Å². The molecule has 1 heterocycles. The first-order chi connectivity index (χ1) is 6.84. The van der Waals surface area contributed by atoms with Gasteiger partial charge in [-0.25, -0.2) is 0 Å². The summed E-state index contributed by atoms with van der Waals surface area (Å²) in [6, 6.07) is 8.96. The van der Waals surface area contributed by atoms with Crippen molar-refractivity contribution in [2.24, 2.45) is 5.73 Å². The lowest BCUT2D eigenvalue weighted by atomic mass is 10.2. The van der Waals surface area contributed by atoms with Gasteiger partial charge < -0.3 is 11.1 Å². The highest BCUT2D eigenvalue weighted by Gasteiger charge is 2.33. The van der Waals surface area contributed by atoms with Gasteiger partial charge in [0.05, 0.1) is 5.52 Å². The lowest BCUT2D eigenvalue weighted by molar-refractivity contribution is 1.01. The molecule has 4 heteroatoms. The lowest BCUT2D eigenvalue weighted by Gasteiger charge is -2.00. The molecular weight excluding hydrogens is 194 g/mol. The Bertz CT molecular complexity index is 465. The van der Waals surface area contributed by atoms with Gasteiger partial charge in [-0.3, -0.25) is 0 Å². The molecule has 0 saturated heterocycles. The monoisotopic (exact) mass is 205 g/mol. The summed E-state index contributed by atoms with van der Waals surface area (Å²) < 4.78 is 4.36. The largest absolute Gasteiger partial charge is 0.371 e. The highest BCUT2D eigenvalue weighted by atomic mass is 32.1. The van der Waals surface area contributed by atoms with Gasteiger partial charge >= 0.3 is 0 Å². The standard InChI is InChI=1S/C10H11N3S/c11-7-5-9(7)12-10-6-3-1-2-4-8(6)13-14-10/h1-4,7,9,12H,5,11H2. The van der Waals surface area contributed by atoms with Crippen molar-refractivity contribution in [2.75, 3.05) is 5.32 Å². The fourth-order valence-electron chi connectivity index (χ4n) is 1.54. The highest BCUT2D eigenvalue weighted by Crippen LogP contribution is 2.32. The van der Waals surface area contributed by atoms with Gasteiger partial charge in [0.15, 0.2) is 0 Å². The van der Waals surface area contributed by atoms with Gasteiger partial charge in [0.25, 0.3) is 0 Å². The van der Waals surface area contributed by atoms with E-state index in [4.69, 9.17) is 5.73 Å². The smallest absolute Gasteiger partial charge is 0.117 e. The number of aromatic nitrogens is 1. The Labute approximate surface area is 86.1 Å². The van der Waals surface area contributed by atoms with E-state index in [1.165, 1.54) is 16.9 Å². The van der Waals surface area contributed by atoms with Crippen LogP contribution < -0.4 is 11.1 Å². The Balaban J connectivity index is 1.96. The number of hydrogen-bond donors (Lipinski definition) is 2. The van der Waals surface area contributed by atoms with E-state index in [2.05, 4.69) is 15.8 Å². The van der Waals surface area contributed by atoms with E-state index in [1.807, 2.05) is 18.2 Å². The quantitative estimate of drug-likeness (QED) is 0.786. The number of rotatable bonds is 2. The zero-order valence-corrected chi connectivity index (χ0v) is 8.42. The summed E-state index contributed by atoms with van der Waals surface area (Å²) in [7, 11) is 0. The van der Waals surface area contributed by atoms with Crippen molar-refractivity contribution >= 4 is 27.4 Å². The van der Waals surface area contributed by atoms with E-state index in [-0.39, 0.29) is 0 Å². The van der Waals surface area contributed by atoms with Gasteiger partial charge in [-0.1, -0.05) is 12.1 Å². The third kappa shape index (κ3) is 1.27. The molecule has 1 aliphatic rings. The zero-order chi connectivity index (χ0) is 9.54. The van der Waals surface area contributed by atoms with Crippen LogP contribution in [-0.2, 0) is 0 Å². The van der Waals surface area contributed by atoms with Crippen molar-refractivity contribution in [2.45, 2.75) is 18.5 Å². The fraction of sp³-hybridized carbons (Fsp3) is 0.300. The van der Waals surface area contributed by atoms with Gasteiger partial charge in [-0.2, -0.15) is 4.37 Å². The van der Waals surface area contributed by atoms with Crippen LogP contribution in [0.3, 0.4) is 0 Å². The number of benzene rings is 1. The second kappa shape index (κ2) is 2.93. The maximum atomic E-state index is 5.75. The highest BCUT2D eigenvalue weighted by molar-refractivity contribution is 7.11. The number of fused-ring (bicyclic) bond motifs is 1. The predicted molar refractivity (Wildman–Crippen MR) is 59.6 cm³/mol. The minimum atomic E-state index is 0.330. The summed E-state index contributed by atoms with van der Waals surface area (Å²) in [6.07, 6.45) is 1.08. The number of nitrogens with zero attached hydrogens (tertiary/aromatic N) is 1. The third-order valence-electron chi connectivity index (χ3n) is 2.54. The van der Waals surface area contributed by atoms with Crippen LogP contribution in [0.5, 0.6) is 0 Å². The molecule has 1 saturated carbocycles. The minimum Gasteiger partial charge on any atom is -0.371 e. The average Bonchev–Trinajstić information content (AvgIpc) is 2.75. The summed E-state index contributed by atoms with van der Waals surface area (Å²) in [5.74, 6) is 0. The summed E-state index contributed by atoms with van der Waals surface area (Å²) >= 11 is 1.52. The Morgan fingerprint density at radius 3 is 3.00 bits per heavy atom. The molecule has 2 atom stereocenters. The predicted octanol–water partition coefficient (Wildman–Crippen LogP) is 1.81. The molecule has 1 fully saturated rings. The van der Waals surface area contributed by atoms with Crippen molar-refractivity contribution < 1.29 is 0 Å². The molecule has 3 nitrogen and oxygen atoms in total. The normalized spacial score (nSPS) is 25.2. The molecule has 1 aliphatic carbocycles. The molecule has 0 spiro atoms. The fourth-order valence-corrected chi connectivity index (χ4v) is 2.37. The van der Waals surface area contributed by atoms with Crippen LogP contribution in [0.1, 0.15) is 6.42 Å². The molecule has 3 rings (SSSR count). The van der Waals surface area contributed by atoms with Crippen LogP contribution in [0.4, 0.5) is 5.00 Å². The number of nitrogens with two attached hydrogens (primary N) is 1. The molecule has 0 amide bonds. The molecule has 3 N–H and O–H groups in total. The van der Waals surface area contributed by atoms with Gasteiger partial charge in [0.2, 0.25) is 0 Å². The number of nitrogens with one attached hydrogen (secondary N) is 1. The molecule has 72 valence electrons. The number of anilines is 1. The molecule has 2 aromatic rings. The average molecular weight is 205 g/mol. The second-order valence-corrected chi connectivity index (χ2v) is 4.45. The van der Waals surface area contributed by atoms with Crippen LogP contribution in [0, 0.1) is 0 Å². The van der Waals surface area contributed by atoms with E-state index in [1.54, 1.807) is 0 Å². The van der Waals surface area contributed by atoms with E-state index in [0.29, 0.717) is 12.1 Å². The van der Waals surface area contributed by atoms with E-state index in [9.17, 15) is 0 Å². The van der Waals surface area contributed by atoms with E-state index in [0.717, 1.165) is 16.9 Å². The molecule has 0 bridgehead atoms. The zero-order valence-electron chi connectivity index (χ0n) is 7.60. The first-order valence-corrected chi connectivity index (χ1v) is 5.48. The first-order valence-electron chi connectivity index (χ1n) is 4.71. The van der Waals surface area contributed by atoms with Gasteiger partial charge in [0.1, 0.15) is 5.00 Å². The van der Waals surface area contributed by atoms with Crippen molar-refractivity contribution in [3.8, 4) is 0 Å². The molecule has 14 heavy (non-hydrogen) atoms. The van der Waals surface area contributed by atoms with Crippen LogP contribution in [-0.4, -0.2) is 16.5 Å². The molecular formula is C10H11N3S. The number of hydrogen-bond acceptors (Lipinski definition) is 4. The van der Waals surface area contributed by atoms with Crippen molar-refractivity contribution in [1.29, 1.82) is 0 Å². The maximum Gasteiger partial charge on any atom is 0.117 e. The SMILES string of the molecule is NC1CC1Nc1snc2ccccc12. The van der Waals surface area contributed by atoms with Crippen LogP contribution in [0.25, 0.3) is 10.9 Å². The molecule has 1 aromatic heterocycles. The molecule has 2 unspecified atom stereocenters. The van der Waals surface area contributed by atoms with Crippen molar-refractivity contribution in [1.82, 2.24) is 4.37 Å². The molecule has 1 aromatic carbocycles. The lowest BCUT2D eigenvalue weighted by Crippen LogP contribution is -2.12. The van der Waals surface area contributed by atoms with Crippen molar-refractivity contribution in [3.05, 3.63) is 24.3 Å².